The Hall–Kier alpha value is -2.30. The standard InChI is InChI=1S/C17H21N3O3/c1-3-23-17(22)16(19-18)15(21)9-11-20-10-8-13-6-4-5-7-14(13)12(20)2/h4-7,12H,3,8-11H2,1-2H3. The van der Waals surface area contributed by atoms with E-state index in [1.54, 1.807) is 6.92 Å². The number of benzene rings is 1. The Bertz CT molecular complexity index is 650. The maximum Gasteiger partial charge on any atom is 0.441 e. The van der Waals surface area contributed by atoms with Crippen LogP contribution in [-0.2, 0) is 20.7 Å². The zero-order chi connectivity index (χ0) is 16.8. The van der Waals surface area contributed by atoms with Gasteiger partial charge in [0, 0.05) is 25.6 Å². The molecule has 2 rings (SSSR count). The summed E-state index contributed by atoms with van der Waals surface area (Å²) in [5.41, 5.74) is 10.9. The van der Waals surface area contributed by atoms with Gasteiger partial charge >= 0.3 is 11.7 Å². The average molecular weight is 315 g/mol. The highest BCUT2D eigenvalue weighted by Crippen LogP contribution is 2.28. The fourth-order valence-corrected chi connectivity index (χ4v) is 2.90. The average Bonchev–Trinajstić information content (AvgIpc) is 2.55. The molecule has 122 valence electrons. The topological polar surface area (TPSA) is 83.0 Å². The lowest BCUT2D eigenvalue weighted by atomic mass is 9.93. The van der Waals surface area contributed by atoms with Crippen LogP contribution in [0.1, 0.15) is 37.4 Å². The van der Waals surface area contributed by atoms with Crippen LogP contribution in [0, 0.1) is 0 Å². The molecule has 1 aromatic rings. The molecule has 23 heavy (non-hydrogen) atoms. The molecule has 1 heterocycles. The monoisotopic (exact) mass is 315 g/mol. The summed E-state index contributed by atoms with van der Waals surface area (Å²) >= 11 is 0. The van der Waals surface area contributed by atoms with Crippen molar-refractivity contribution in [2.45, 2.75) is 32.7 Å². The molecular weight excluding hydrogens is 294 g/mol. The normalized spacial score (nSPS) is 17.0. The molecule has 0 spiro atoms. The maximum absolute atomic E-state index is 12.1. The first-order valence-electron chi connectivity index (χ1n) is 7.82. The predicted molar refractivity (Wildman–Crippen MR) is 85.0 cm³/mol. The summed E-state index contributed by atoms with van der Waals surface area (Å²) in [6, 6.07) is 8.50. The molecule has 1 aliphatic heterocycles. The fourth-order valence-electron chi connectivity index (χ4n) is 2.90. The van der Waals surface area contributed by atoms with Gasteiger partial charge in [0.1, 0.15) is 0 Å². The number of carbonyl (C=O) groups is 2. The first-order valence-corrected chi connectivity index (χ1v) is 7.82. The van der Waals surface area contributed by atoms with Crippen LogP contribution in [0.15, 0.2) is 24.3 Å². The minimum absolute atomic E-state index is 0.116. The first kappa shape index (κ1) is 17.1. The van der Waals surface area contributed by atoms with Gasteiger partial charge in [-0.05, 0) is 31.4 Å². The first-order chi connectivity index (χ1) is 11.1. The van der Waals surface area contributed by atoms with Crippen LogP contribution >= 0.6 is 0 Å². The molecule has 0 fully saturated rings. The number of nitrogens with zero attached hydrogens (tertiary/aromatic N) is 3. The Morgan fingerprint density at radius 1 is 1.39 bits per heavy atom. The minimum Gasteiger partial charge on any atom is -0.457 e. The molecule has 6 nitrogen and oxygen atoms in total. The Labute approximate surface area is 135 Å². The molecule has 0 aromatic heterocycles. The molecule has 0 saturated carbocycles. The van der Waals surface area contributed by atoms with Gasteiger partial charge in [0.05, 0.1) is 6.61 Å². The number of ketones is 1. The van der Waals surface area contributed by atoms with Gasteiger partial charge < -0.3 is 10.3 Å². The maximum atomic E-state index is 12.1. The van der Waals surface area contributed by atoms with Crippen molar-refractivity contribution in [3.8, 4) is 0 Å². The molecule has 0 radical (unpaired) electrons. The fraction of sp³-hybridized carbons (Fsp3) is 0.471. The number of carbonyl (C=O) groups excluding carboxylic acids is 2. The van der Waals surface area contributed by atoms with E-state index < -0.39 is 17.5 Å². The lowest BCUT2D eigenvalue weighted by Gasteiger charge is -2.34. The molecule has 1 aliphatic rings. The Morgan fingerprint density at radius 2 is 2.13 bits per heavy atom. The van der Waals surface area contributed by atoms with Crippen LogP contribution in [0.25, 0.3) is 5.53 Å². The number of hydrogen-bond donors (Lipinski definition) is 0. The molecule has 0 amide bonds. The lowest BCUT2D eigenvalue weighted by Crippen LogP contribution is -2.37. The summed E-state index contributed by atoms with van der Waals surface area (Å²) < 4.78 is 4.71. The lowest BCUT2D eigenvalue weighted by molar-refractivity contribution is -0.141. The Balaban J connectivity index is 1.97. The highest BCUT2D eigenvalue weighted by atomic mass is 16.5. The molecule has 1 atom stereocenters. The molecule has 0 aliphatic carbocycles. The molecule has 6 heteroatoms. The van der Waals surface area contributed by atoms with E-state index in [9.17, 15) is 9.59 Å². The van der Waals surface area contributed by atoms with E-state index in [0.29, 0.717) is 6.54 Å². The number of Topliss-reactive ketones (excluding diaryl/α,β-unsaturated/α-hetero) is 1. The van der Waals surface area contributed by atoms with Crippen LogP contribution in [0.4, 0.5) is 0 Å². The number of rotatable bonds is 6. The largest absolute Gasteiger partial charge is 0.457 e. The zero-order valence-corrected chi connectivity index (χ0v) is 13.5. The zero-order valence-electron chi connectivity index (χ0n) is 13.5. The summed E-state index contributed by atoms with van der Waals surface area (Å²) in [5, 5.41) is 0. The van der Waals surface area contributed by atoms with Crippen molar-refractivity contribution in [3.05, 3.63) is 40.9 Å². The van der Waals surface area contributed by atoms with E-state index in [2.05, 4.69) is 28.7 Å². The van der Waals surface area contributed by atoms with Crippen LogP contribution in [0.5, 0.6) is 0 Å². The van der Waals surface area contributed by atoms with Gasteiger partial charge in [0.15, 0.2) is 0 Å². The number of ether oxygens (including phenoxy) is 1. The Kier molecular flexibility index (Phi) is 5.79. The molecular formula is C17H21N3O3. The van der Waals surface area contributed by atoms with Gasteiger partial charge in [-0.25, -0.2) is 4.79 Å². The summed E-state index contributed by atoms with van der Waals surface area (Å²) in [6.07, 6.45) is 1.05. The highest BCUT2D eigenvalue weighted by molar-refractivity contribution is 6.62. The van der Waals surface area contributed by atoms with Crippen molar-refractivity contribution in [1.82, 2.24) is 4.90 Å². The summed E-state index contributed by atoms with van der Waals surface area (Å²) in [6.45, 7) is 5.23. The van der Waals surface area contributed by atoms with Gasteiger partial charge in [-0.1, -0.05) is 24.3 Å². The van der Waals surface area contributed by atoms with E-state index in [4.69, 9.17) is 10.3 Å². The second-order valence-electron chi connectivity index (χ2n) is 5.50. The Morgan fingerprint density at radius 3 is 2.83 bits per heavy atom. The smallest absolute Gasteiger partial charge is 0.441 e. The minimum atomic E-state index is -0.878. The van der Waals surface area contributed by atoms with E-state index in [-0.39, 0.29) is 19.1 Å². The van der Waals surface area contributed by atoms with Crippen LogP contribution in [0.2, 0.25) is 0 Å². The van der Waals surface area contributed by atoms with E-state index >= 15 is 0 Å². The van der Waals surface area contributed by atoms with Crippen LogP contribution in [-0.4, -0.2) is 46.9 Å². The molecule has 0 N–H and O–H groups in total. The third kappa shape index (κ3) is 3.92. The third-order valence-corrected chi connectivity index (χ3v) is 4.18. The second kappa shape index (κ2) is 7.81. The predicted octanol–water partition coefficient (Wildman–Crippen LogP) is 1.80. The third-order valence-electron chi connectivity index (χ3n) is 4.18. The van der Waals surface area contributed by atoms with Crippen molar-refractivity contribution in [2.75, 3.05) is 19.7 Å². The van der Waals surface area contributed by atoms with Crippen molar-refractivity contribution >= 4 is 17.5 Å². The molecule has 0 saturated heterocycles. The number of hydrogen-bond acceptors (Lipinski definition) is 4. The van der Waals surface area contributed by atoms with Crippen molar-refractivity contribution in [3.63, 3.8) is 0 Å². The van der Waals surface area contributed by atoms with Gasteiger partial charge in [-0.3, -0.25) is 9.69 Å². The van der Waals surface area contributed by atoms with Gasteiger partial charge in [0.25, 0.3) is 5.78 Å². The van der Waals surface area contributed by atoms with E-state index in [1.165, 1.54) is 11.1 Å². The molecule has 1 unspecified atom stereocenters. The van der Waals surface area contributed by atoms with Crippen molar-refractivity contribution in [1.29, 1.82) is 0 Å². The summed E-state index contributed by atoms with van der Waals surface area (Å²) in [7, 11) is 0. The van der Waals surface area contributed by atoms with E-state index in [1.807, 2.05) is 12.1 Å². The van der Waals surface area contributed by atoms with E-state index in [0.717, 1.165) is 13.0 Å². The number of fused-ring (bicyclic) bond motifs is 1. The van der Waals surface area contributed by atoms with Crippen LogP contribution < -0.4 is 0 Å². The highest BCUT2D eigenvalue weighted by Gasteiger charge is 2.32. The summed E-state index contributed by atoms with van der Waals surface area (Å²) in [4.78, 5) is 28.6. The van der Waals surface area contributed by atoms with Gasteiger partial charge in [-0.2, -0.15) is 4.79 Å². The molecule has 0 bridgehead atoms. The quantitative estimate of drug-likeness (QED) is 0.263. The SMILES string of the molecule is CCOC(=O)C(=[N+]=[N-])C(=O)CCN1CCc2ccccc2C1C. The summed E-state index contributed by atoms with van der Waals surface area (Å²) in [5.74, 6) is -1.38. The van der Waals surface area contributed by atoms with Crippen molar-refractivity contribution < 1.29 is 19.1 Å². The van der Waals surface area contributed by atoms with Gasteiger partial charge in [-0.15, -0.1) is 0 Å². The van der Waals surface area contributed by atoms with Crippen molar-refractivity contribution in [2.24, 2.45) is 0 Å². The van der Waals surface area contributed by atoms with Gasteiger partial charge in [0.2, 0.25) is 0 Å². The van der Waals surface area contributed by atoms with Crippen LogP contribution in [0.3, 0.4) is 0 Å². The molecule has 1 aromatic carbocycles. The second-order valence-corrected chi connectivity index (χ2v) is 5.50. The number of esters is 1.